The van der Waals surface area contributed by atoms with Gasteiger partial charge in [-0.25, -0.2) is 0 Å². The van der Waals surface area contributed by atoms with E-state index in [9.17, 15) is 9.90 Å². The summed E-state index contributed by atoms with van der Waals surface area (Å²) in [7, 11) is 0. The zero-order chi connectivity index (χ0) is 15.1. The lowest BCUT2D eigenvalue weighted by Gasteiger charge is -2.15. The van der Waals surface area contributed by atoms with Gasteiger partial charge in [0.1, 0.15) is 5.75 Å². The second-order valence-electron chi connectivity index (χ2n) is 5.24. The van der Waals surface area contributed by atoms with Crippen LogP contribution in [0.4, 0.5) is 0 Å². The lowest BCUT2D eigenvalue weighted by Crippen LogP contribution is -2.32. The predicted molar refractivity (Wildman–Crippen MR) is 78.4 cm³/mol. The smallest absolute Gasteiger partial charge is 0.221 e. The summed E-state index contributed by atoms with van der Waals surface area (Å²) in [5.74, 6) is 0.548. The number of hydrogen-bond acceptors (Lipinski definition) is 4. The Bertz CT molecular complexity index is 433. The van der Waals surface area contributed by atoms with Gasteiger partial charge in [-0.15, -0.1) is 0 Å². The van der Waals surface area contributed by atoms with Crippen molar-refractivity contribution in [2.24, 2.45) is 5.73 Å². The maximum Gasteiger partial charge on any atom is 0.221 e. The largest absolute Gasteiger partial charge is 0.491 e. The van der Waals surface area contributed by atoms with Gasteiger partial charge in [0, 0.05) is 19.0 Å². The first kappa shape index (κ1) is 16.5. The molecular weight excluding hydrogens is 256 g/mol. The molecule has 5 heteroatoms. The molecule has 1 aromatic carbocycles. The zero-order valence-electron chi connectivity index (χ0n) is 12.3. The molecular formula is C15H24N2O3. The number of nitrogens with two attached hydrogens (primary N) is 1. The van der Waals surface area contributed by atoms with E-state index in [4.69, 9.17) is 10.5 Å². The standard InChI is InChI=1S/C15H24N2O3/c1-10(2)20-13-6-4-5-12(8-13)14(18)9-17-15(19)7-11(3)16/h4-6,8,10-11,14,18H,7,9,16H2,1-3H3,(H,17,19). The van der Waals surface area contributed by atoms with Crippen LogP contribution in [0.25, 0.3) is 0 Å². The summed E-state index contributed by atoms with van der Waals surface area (Å²) in [6.45, 7) is 5.81. The highest BCUT2D eigenvalue weighted by Gasteiger charge is 2.11. The number of ether oxygens (including phenoxy) is 1. The molecule has 0 aliphatic carbocycles. The van der Waals surface area contributed by atoms with Crippen LogP contribution in [0, 0.1) is 0 Å². The molecule has 0 saturated heterocycles. The minimum absolute atomic E-state index is 0.0770. The Kier molecular flexibility index (Phi) is 6.48. The number of amides is 1. The minimum atomic E-state index is -0.761. The van der Waals surface area contributed by atoms with E-state index < -0.39 is 6.10 Å². The van der Waals surface area contributed by atoms with Gasteiger partial charge in [-0.1, -0.05) is 12.1 Å². The molecule has 0 saturated carbocycles. The SMILES string of the molecule is CC(N)CC(=O)NCC(O)c1cccc(OC(C)C)c1. The van der Waals surface area contributed by atoms with E-state index in [1.54, 1.807) is 19.1 Å². The van der Waals surface area contributed by atoms with Crippen LogP contribution in [-0.2, 0) is 4.79 Å². The Hall–Kier alpha value is -1.59. The van der Waals surface area contributed by atoms with Gasteiger partial charge in [0.2, 0.25) is 5.91 Å². The molecule has 5 nitrogen and oxygen atoms in total. The van der Waals surface area contributed by atoms with E-state index >= 15 is 0 Å². The van der Waals surface area contributed by atoms with Gasteiger partial charge < -0.3 is 20.9 Å². The van der Waals surface area contributed by atoms with Gasteiger partial charge >= 0.3 is 0 Å². The Morgan fingerprint density at radius 3 is 2.70 bits per heavy atom. The van der Waals surface area contributed by atoms with E-state index in [0.29, 0.717) is 11.3 Å². The zero-order valence-corrected chi connectivity index (χ0v) is 12.3. The van der Waals surface area contributed by atoms with Crippen molar-refractivity contribution >= 4 is 5.91 Å². The number of benzene rings is 1. The number of nitrogens with one attached hydrogen (secondary N) is 1. The molecule has 0 heterocycles. The Morgan fingerprint density at radius 2 is 2.10 bits per heavy atom. The van der Waals surface area contributed by atoms with E-state index in [-0.39, 0.29) is 31.0 Å². The Morgan fingerprint density at radius 1 is 1.40 bits per heavy atom. The van der Waals surface area contributed by atoms with Gasteiger partial charge in [-0.3, -0.25) is 4.79 Å². The third-order valence-electron chi connectivity index (χ3n) is 2.61. The van der Waals surface area contributed by atoms with Crippen LogP contribution >= 0.6 is 0 Å². The predicted octanol–water partition coefficient (Wildman–Crippen LogP) is 1.36. The van der Waals surface area contributed by atoms with Gasteiger partial charge in [0.25, 0.3) is 0 Å². The lowest BCUT2D eigenvalue weighted by atomic mass is 10.1. The van der Waals surface area contributed by atoms with Crippen molar-refractivity contribution in [3.05, 3.63) is 29.8 Å². The van der Waals surface area contributed by atoms with E-state index in [1.807, 2.05) is 26.0 Å². The second-order valence-corrected chi connectivity index (χ2v) is 5.24. The van der Waals surface area contributed by atoms with Crippen LogP contribution in [0.5, 0.6) is 5.75 Å². The second kappa shape index (κ2) is 7.87. The first-order chi connectivity index (χ1) is 9.38. The highest BCUT2D eigenvalue weighted by Crippen LogP contribution is 2.19. The molecule has 0 aliphatic heterocycles. The van der Waals surface area contributed by atoms with Crippen LogP contribution in [0.2, 0.25) is 0 Å². The molecule has 0 aromatic heterocycles. The minimum Gasteiger partial charge on any atom is -0.491 e. The Balaban J connectivity index is 2.54. The number of hydrogen-bond donors (Lipinski definition) is 3. The summed E-state index contributed by atoms with van der Waals surface area (Å²) in [5.41, 5.74) is 6.25. The molecule has 0 radical (unpaired) electrons. The fraction of sp³-hybridized carbons (Fsp3) is 0.533. The van der Waals surface area contributed by atoms with Crippen LogP contribution < -0.4 is 15.8 Å². The molecule has 2 unspecified atom stereocenters. The number of rotatable bonds is 7. The third kappa shape index (κ3) is 6.04. The van der Waals surface area contributed by atoms with Gasteiger partial charge in [-0.2, -0.15) is 0 Å². The Labute approximate surface area is 120 Å². The normalized spacial score (nSPS) is 13.9. The fourth-order valence-corrected chi connectivity index (χ4v) is 1.76. The summed E-state index contributed by atoms with van der Waals surface area (Å²) in [6.07, 6.45) is -0.431. The van der Waals surface area contributed by atoms with Crippen molar-refractivity contribution in [1.82, 2.24) is 5.32 Å². The quantitative estimate of drug-likeness (QED) is 0.704. The van der Waals surface area contributed by atoms with Crippen molar-refractivity contribution in [1.29, 1.82) is 0 Å². The van der Waals surface area contributed by atoms with E-state index in [1.165, 1.54) is 0 Å². The molecule has 1 amide bonds. The summed E-state index contributed by atoms with van der Waals surface area (Å²) in [4.78, 5) is 11.5. The highest BCUT2D eigenvalue weighted by molar-refractivity contribution is 5.76. The summed E-state index contributed by atoms with van der Waals surface area (Å²) in [6, 6.07) is 7.05. The fourth-order valence-electron chi connectivity index (χ4n) is 1.76. The van der Waals surface area contributed by atoms with E-state index in [0.717, 1.165) is 0 Å². The van der Waals surface area contributed by atoms with Crippen molar-refractivity contribution in [3.8, 4) is 5.75 Å². The van der Waals surface area contributed by atoms with Crippen LogP contribution in [0.3, 0.4) is 0 Å². The van der Waals surface area contributed by atoms with Crippen LogP contribution in [0.1, 0.15) is 38.9 Å². The third-order valence-corrected chi connectivity index (χ3v) is 2.61. The van der Waals surface area contributed by atoms with Crippen molar-refractivity contribution < 1.29 is 14.6 Å². The number of carbonyl (C=O) groups is 1. The summed E-state index contributed by atoms with van der Waals surface area (Å²) < 4.78 is 5.57. The van der Waals surface area contributed by atoms with Crippen molar-refractivity contribution in [2.75, 3.05) is 6.54 Å². The highest BCUT2D eigenvalue weighted by atomic mass is 16.5. The number of carbonyl (C=O) groups excluding carboxylic acids is 1. The molecule has 1 aromatic rings. The molecule has 0 spiro atoms. The van der Waals surface area contributed by atoms with Gasteiger partial charge in [0.15, 0.2) is 0 Å². The van der Waals surface area contributed by atoms with Crippen molar-refractivity contribution in [2.45, 2.75) is 45.4 Å². The average Bonchev–Trinajstić information content (AvgIpc) is 2.34. The van der Waals surface area contributed by atoms with Gasteiger partial charge in [0.05, 0.1) is 12.2 Å². The molecule has 112 valence electrons. The molecule has 1 rings (SSSR count). The van der Waals surface area contributed by atoms with E-state index in [2.05, 4.69) is 5.32 Å². The van der Waals surface area contributed by atoms with Crippen LogP contribution in [0.15, 0.2) is 24.3 Å². The number of aliphatic hydroxyl groups excluding tert-OH is 1. The maximum absolute atomic E-state index is 11.5. The average molecular weight is 280 g/mol. The summed E-state index contributed by atoms with van der Waals surface area (Å²) in [5, 5.41) is 12.7. The first-order valence-electron chi connectivity index (χ1n) is 6.85. The van der Waals surface area contributed by atoms with Crippen LogP contribution in [-0.4, -0.2) is 29.7 Å². The molecule has 0 bridgehead atoms. The van der Waals surface area contributed by atoms with Gasteiger partial charge in [-0.05, 0) is 38.5 Å². The first-order valence-corrected chi connectivity index (χ1v) is 6.85. The lowest BCUT2D eigenvalue weighted by molar-refractivity contribution is -0.121. The maximum atomic E-state index is 11.5. The molecule has 4 N–H and O–H groups in total. The molecule has 0 aliphatic rings. The molecule has 20 heavy (non-hydrogen) atoms. The monoisotopic (exact) mass is 280 g/mol. The summed E-state index contributed by atoms with van der Waals surface area (Å²) >= 11 is 0. The van der Waals surface area contributed by atoms with Crippen molar-refractivity contribution in [3.63, 3.8) is 0 Å². The number of aliphatic hydroxyl groups is 1. The molecule has 2 atom stereocenters. The molecule has 0 fully saturated rings. The topological polar surface area (TPSA) is 84.6 Å².